The summed E-state index contributed by atoms with van der Waals surface area (Å²) in [5.74, 6) is 0.693. The second-order valence-electron chi connectivity index (χ2n) is 11.3. The standard InChI is InChI=1S/C31H39N9O2/c1-7-12-32-29(41)23-18-33-30(37-28(23)36-27-10-8-9-26(35-27)31(3,4)42)34-21-16-24-22(11-13-39(24)6)25(17-21)40-15-14-38(5)20(2)19-40/h7-11,13,16-18,20,42H,1,12,14-15,19H2,2-6H3,(H,32,41)(H2,33,34,35,36,37)/t20-/m0/s1. The highest BCUT2D eigenvalue weighted by Gasteiger charge is 2.24. The molecule has 42 heavy (non-hydrogen) atoms. The molecule has 5 rings (SSSR count). The van der Waals surface area contributed by atoms with Gasteiger partial charge < -0.3 is 35.4 Å². The Balaban J connectivity index is 1.50. The number of carbonyl (C=O) groups excluding carboxylic acids is 1. The van der Waals surface area contributed by atoms with Gasteiger partial charge in [0.25, 0.3) is 5.91 Å². The molecular formula is C31H39N9O2. The van der Waals surface area contributed by atoms with Crippen LogP contribution in [0.15, 0.2) is 61.4 Å². The van der Waals surface area contributed by atoms with Crippen molar-refractivity contribution in [3.05, 3.63) is 72.7 Å². The molecule has 11 heteroatoms. The number of carbonyl (C=O) groups is 1. The first-order valence-corrected chi connectivity index (χ1v) is 14.1. The normalized spacial score (nSPS) is 16.0. The fourth-order valence-electron chi connectivity index (χ4n) is 5.01. The van der Waals surface area contributed by atoms with E-state index in [1.54, 1.807) is 38.1 Å². The molecule has 11 nitrogen and oxygen atoms in total. The Labute approximate surface area is 246 Å². The van der Waals surface area contributed by atoms with Crippen LogP contribution < -0.4 is 20.9 Å². The molecule has 4 aromatic rings. The highest BCUT2D eigenvalue weighted by molar-refractivity contribution is 5.99. The number of hydrogen-bond acceptors (Lipinski definition) is 9. The van der Waals surface area contributed by atoms with Crippen LogP contribution in [0.5, 0.6) is 0 Å². The van der Waals surface area contributed by atoms with Gasteiger partial charge in [-0.3, -0.25) is 4.79 Å². The van der Waals surface area contributed by atoms with Gasteiger partial charge in [0.2, 0.25) is 5.95 Å². The molecule has 1 amide bonds. The van der Waals surface area contributed by atoms with E-state index in [2.05, 4.69) is 90.2 Å². The zero-order chi connectivity index (χ0) is 30.0. The highest BCUT2D eigenvalue weighted by atomic mass is 16.3. The SMILES string of the molecule is C=CCNC(=O)c1cnc(Nc2cc(N3CCN(C)[C@@H](C)C3)c3ccn(C)c3c2)nc1Nc1cccc(C(C)(C)O)n1. The molecule has 0 radical (unpaired) electrons. The number of amides is 1. The van der Waals surface area contributed by atoms with Crippen LogP contribution in [0, 0.1) is 0 Å². The number of nitrogens with one attached hydrogen (secondary N) is 3. The van der Waals surface area contributed by atoms with E-state index in [-0.39, 0.29) is 17.3 Å². The summed E-state index contributed by atoms with van der Waals surface area (Å²) in [5, 5.41) is 20.9. The maximum atomic E-state index is 13.0. The van der Waals surface area contributed by atoms with Crippen molar-refractivity contribution < 1.29 is 9.90 Å². The van der Waals surface area contributed by atoms with Gasteiger partial charge in [-0.2, -0.15) is 4.98 Å². The van der Waals surface area contributed by atoms with E-state index in [4.69, 9.17) is 0 Å². The summed E-state index contributed by atoms with van der Waals surface area (Å²) in [7, 11) is 4.20. The van der Waals surface area contributed by atoms with Crippen LogP contribution in [-0.4, -0.2) is 74.7 Å². The summed E-state index contributed by atoms with van der Waals surface area (Å²) in [6.07, 6.45) is 5.16. The number of aliphatic hydroxyl groups is 1. The molecule has 1 saturated heterocycles. The number of hydrogen-bond donors (Lipinski definition) is 4. The zero-order valence-electron chi connectivity index (χ0n) is 24.8. The van der Waals surface area contributed by atoms with Crippen molar-refractivity contribution in [2.75, 3.05) is 48.8 Å². The quantitative estimate of drug-likeness (QED) is 0.220. The molecule has 0 spiro atoms. The molecule has 0 aliphatic carbocycles. The van der Waals surface area contributed by atoms with E-state index in [1.807, 2.05) is 7.05 Å². The molecule has 0 unspecified atom stereocenters. The third kappa shape index (κ3) is 6.22. The number of benzene rings is 1. The van der Waals surface area contributed by atoms with Gasteiger partial charge in [0.15, 0.2) is 0 Å². The van der Waals surface area contributed by atoms with Gasteiger partial charge in [-0.25, -0.2) is 9.97 Å². The van der Waals surface area contributed by atoms with Crippen LogP contribution >= 0.6 is 0 Å². The summed E-state index contributed by atoms with van der Waals surface area (Å²) in [6, 6.07) is 12.1. The minimum Gasteiger partial charge on any atom is -0.384 e. The molecule has 1 aliphatic heterocycles. The largest absolute Gasteiger partial charge is 0.384 e. The lowest BCUT2D eigenvalue weighted by molar-refractivity contribution is 0.0740. The van der Waals surface area contributed by atoms with Crippen LogP contribution in [0.1, 0.15) is 36.8 Å². The third-order valence-electron chi connectivity index (χ3n) is 7.60. The summed E-state index contributed by atoms with van der Waals surface area (Å²) >= 11 is 0. The molecule has 4 heterocycles. The van der Waals surface area contributed by atoms with E-state index < -0.39 is 5.60 Å². The highest BCUT2D eigenvalue weighted by Crippen LogP contribution is 2.34. The van der Waals surface area contributed by atoms with Gasteiger partial charge >= 0.3 is 0 Å². The van der Waals surface area contributed by atoms with E-state index >= 15 is 0 Å². The van der Waals surface area contributed by atoms with Gasteiger partial charge in [-0.15, -0.1) is 6.58 Å². The van der Waals surface area contributed by atoms with Crippen molar-refractivity contribution >= 4 is 45.8 Å². The fraction of sp³-hybridized carbons (Fsp3) is 0.355. The number of rotatable bonds is 9. The van der Waals surface area contributed by atoms with E-state index in [0.29, 0.717) is 30.0 Å². The molecule has 220 valence electrons. The summed E-state index contributed by atoms with van der Waals surface area (Å²) in [5.41, 5.74) is 2.69. The monoisotopic (exact) mass is 569 g/mol. The first-order chi connectivity index (χ1) is 20.0. The molecule has 1 aromatic carbocycles. The number of aryl methyl sites for hydroxylation is 1. The predicted octanol–water partition coefficient (Wildman–Crippen LogP) is 4.13. The topological polar surface area (TPSA) is 123 Å². The zero-order valence-corrected chi connectivity index (χ0v) is 24.8. The second-order valence-corrected chi connectivity index (χ2v) is 11.3. The first kappa shape index (κ1) is 29.0. The summed E-state index contributed by atoms with van der Waals surface area (Å²) in [6.45, 7) is 12.4. The number of nitrogens with zero attached hydrogens (tertiary/aromatic N) is 6. The van der Waals surface area contributed by atoms with Gasteiger partial charge in [0, 0.05) is 68.4 Å². The molecule has 0 bridgehead atoms. The van der Waals surface area contributed by atoms with E-state index in [1.165, 1.54) is 11.6 Å². The summed E-state index contributed by atoms with van der Waals surface area (Å²) < 4.78 is 2.10. The van der Waals surface area contributed by atoms with Crippen molar-refractivity contribution in [1.82, 2.24) is 29.7 Å². The number of fused-ring (bicyclic) bond motifs is 1. The van der Waals surface area contributed by atoms with Crippen LogP contribution in [0.25, 0.3) is 10.9 Å². The van der Waals surface area contributed by atoms with Crippen LogP contribution in [0.2, 0.25) is 0 Å². The molecule has 0 saturated carbocycles. The van der Waals surface area contributed by atoms with Crippen molar-refractivity contribution in [1.29, 1.82) is 0 Å². The summed E-state index contributed by atoms with van der Waals surface area (Å²) in [4.78, 5) is 31.5. The van der Waals surface area contributed by atoms with Crippen LogP contribution in [0.3, 0.4) is 0 Å². The Morgan fingerprint density at radius 2 is 1.98 bits per heavy atom. The number of likely N-dealkylation sites (N-methyl/N-ethyl adjacent to an activating group) is 1. The second kappa shape index (κ2) is 11.8. The van der Waals surface area contributed by atoms with Gasteiger partial charge in [-0.05, 0) is 58.2 Å². The maximum Gasteiger partial charge on any atom is 0.256 e. The fourth-order valence-corrected chi connectivity index (χ4v) is 5.01. The molecule has 4 N–H and O–H groups in total. The maximum absolute atomic E-state index is 13.0. The molecule has 3 aromatic heterocycles. The van der Waals surface area contributed by atoms with Gasteiger partial charge in [-0.1, -0.05) is 12.1 Å². The molecular weight excluding hydrogens is 530 g/mol. The third-order valence-corrected chi connectivity index (χ3v) is 7.60. The minimum atomic E-state index is -1.13. The Morgan fingerprint density at radius 3 is 2.71 bits per heavy atom. The van der Waals surface area contributed by atoms with Crippen LogP contribution in [-0.2, 0) is 12.6 Å². The van der Waals surface area contributed by atoms with Gasteiger partial charge in [0.05, 0.1) is 11.2 Å². The van der Waals surface area contributed by atoms with E-state index in [0.717, 1.165) is 36.5 Å². The average Bonchev–Trinajstić information content (AvgIpc) is 3.33. The predicted molar refractivity (Wildman–Crippen MR) is 168 cm³/mol. The van der Waals surface area contributed by atoms with Crippen molar-refractivity contribution in [3.63, 3.8) is 0 Å². The molecule has 1 fully saturated rings. The molecule has 1 aliphatic rings. The lowest BCUT2D eigenvalue weighted by atomic mass is 10.1. The van der Waals surface area contributed by atoms with E-state index in [9.17, 15) is 9.90 Å². The number of piperazine rings is 1. The Kier molecular flexibility index (Phi) is 8.15. The van der Waals surface area contributed by atoms with Crippen molar-refractivity contribution in [2.24, 2.45) is 7.05 Å². The minimum absolute atomic E-state index is 0.253. The Hall–Kier alpha value is -4.48. The smallest absolute Gasteiger partial charge is 0.256 e. The lowest BCUT2D eigenvalue weighted by Crippen LogP contribution is -2.50. The number of aromatic nitrogens is 4. The Morgan fingerprint density at radius 1 is 1.17 bits per heavy atom. The lowest BCUT2D eigenvalue weighted by Gasteiger charge is -2.39. The van der Waals surface area contributed by atoms with Gasteiger partial charge in [0.1, 0.15) is 22.8 Å². The van der Waals surface area contributed by atoms with Crippen LogP contribution in [0.4, 0.5) is 29.0 Å². The first-order valence-electron chi connectivity index (χ1n) is 14.1. The average molecular weight is 570 g/mol. The van der Waals surface area contributed by atoms with Crippen molar-refractivity contribution in [3.8, 4) is 0 Å². The Bertz CT molecular complexity index is 1610. The number of pyridine rings is 1. The molecule has 1 atom stereocenters. The van der Waals surface area contributed by atoms with Crippen molar-refractivity contribution in [2.45, 2.75) is 32.4 Å². The number of anilines is 5.